The highest BCUT2D eigenvalue weighted by Crippen LogP contribution is 1.79. The molecule has 1 aromatic heterocycles. The van der Waals surface area contributed by atoms with Crippen LogP contribution >= 0.6 is 0 Å². The van der Waals surface area contributed by atoms with Gasteiger partial charge >= 0.3 is 0 Å². The van der Waals surface area contributed by atoms with Crippen LogP contribution in [0.1, 0.15) is 9.68 Å². The molecule has 2 nitrogen and oxygen atoms in total. The minimum absolute atomic E-state index is 0.167. The van der Waals surface area contributed by atoms with E-state index in [0.717, 1.165) is 0 Å². The molecule has 1 rings (SSSR count). The van der Waals surface area contributed by atoms with E-state index in [1.54, 1.807) is 0 Å². The van der Waals surface area contributed by atoms with E-state index in [2.05, 4.69) is 4.98 Å². The van der Waals surface area contributed by atoms with Crippen LogP contribution in [0.4, 0.5) is 0 Å². The molecule has 0 fully saturated rings. The Hall–Kier alpha value is -1.05. The number of hydrogen-bond donors (Lipinski definition) is 1. The molecule has 0 spiro atoms. The Bertz CT molecular complexity index is 301. The molecule has 0 aliphatic heterocycles. The van der Waals surface area contributed by atoms with E-state index in [9.17, 15) is 4.79 Å². The first-order valence-electron chi connectivity index (χ1n) is 3.69. The van der Waals surface area contributed by atoms with Crippen molar-refractivity contribution >= 4 is 0 Å². The first kappa shape index (κ1) is 2.49. The Morgan fingerprint density at radius 3 is 3.25 bits per heavy atom. The maximum absolute atomic E-state index is 10.9. The molecule has 0 saturated heterocycles. The summed E-state index contributed by atoms with van der Waals surface area (Å²) in [5, 5.41) is 0. The lowest BCUT2D eigenvalue weighted by molar-refractivity contribution is 1.23. The Labute approximate surface area is 51.4 Å². The summed E-state index contributed by atoms with van der Waals surface area (Å²) in [6, 6.07) is 1.20. The molecule has 0 unspecified atom stereocenters. The average Bonchev–Trinajstić information content (AvgIpc) is 1.86. The van der Waals surface area contributed by atoms with Crippen LogP contribution in [0.5, 0.6) is 0 Å². The van der Waals surface area contributed by atoms with Crippen LogP contribution in [0.15, 0.2) is 23.3 Å². The second-order valence-corrected chi connectivity index (χ2v) is 1.42. The summed E-state index contributed by atoms with van der Waals surface area (Å²) < 4.78 is 20.8. The zero-order chi connectivity index (χ0) is 8.48. The monoisotopic (exact) mass is 112 g/mol. The van der Waals surface area contributed by atoms with Gasteiger partial charge in [-0.25, -0.2) is 0 Å². The molecule has 0 amide bonds. The summed E-state index contributed by atoms with van der Waals surface area (Å²) >= 11 is 0. The molecule has 0 aromatic carbocycles. The molecule has 0 atom stereocenters. The second-order valence-electron chi connectivity index (χ2n) is 1.42. The van der Waals surface area contributed by atoms with Gasteiger partial charge in [-0.05, 0) is 6.85 Å². The number of aromatic amines is 1. The molecule has 1 N–H and O–H groups in total. The van der Waals surface area contributed by atoms with Crippen LogP contribution in [0, 0.1) is 6.85 Å². The Kier molecular flexibility index (Phi) is 0.565. The predicted octanol–water partition coefficient (Wildman–Crippen LogP) is 0.683. The fourth-order valence-corrected chi connectivity index (χ4v) is 0.416. The summed E-state index contributed by atoms with van der Waals surface area (Å²) in [7, 11) is 0. The second kappa shape index (κ2) is 1.82. The number of nitrogens with one attached hydrogen (secondary N) is 1. The molecule has 0 bridgehead atoms. The van der Waals surface area contributed by atoms with Gasteiger partial charge in [0.1, 0.15) is 0 Å². The van der Waals surface area contributed by atoms with Crippen LogP contribution in [0.2, 0.25) is 0 Å². The average molecular weight is 112 g/mol. The summed E-state index contributed by atoms with van der Waals surface area (Å²) in [4.78, 5) is 13.4. The van der Waals surface area contributed by atoms with Gasteiger partial charge in [0.15, 0.2) is 5.43 Å². The molecular formula is C6H7NO. The van der Waals surface area contributed by atoms with E-state index < -0.39 is 12.3 Å². The molecular weight excluding hydrogens is 102 g/mol. The molecule has 42 valence electrons. The number of H-pyrrole nitrogens is 1. The van der Waals surface area contributed by atoms with Gasteiger partial charge in [0.2, 0.25) is 0 Å². The minimum Gasteiger partial charge on any atom is -0.367 e. The third kappa shape index (κ3) is 0.780. The topological polar surface area (TPSA) is 32.9 Å². The SMILES string of the molecule is [2H]C([2H])([2H])c1c[nH]ccc1=O. The summed E-state index contributed by atoms with van der Waals surface area (Å²) in [6.45, 7) is -2.31. The molecule has 2 heteroatoms. The maximum atomic E-state index is 10.9. The number of aromatic nitrogens is 1. The summed E-state index contributed by atoms with van der Waals surface area (Å²) in [5.74, 6) is 0. The zero-order valence-corrected chi connectivity index (χ0v) is 4.14. The van der Waals surface area contributed by atoms with E-state index in [-0.39, 0.29) is 5.56 Å². The number of aryl methyl sites for hydroxylation is 1. The van der Waals surface area contributed by atoms with Crippen LogP contribution in [-0.2, 0) is 0 Å². The molecule has 0 aliphatic carbocycles. The predicted molar refractivity (Wildman–Crippen MR) is 31.8 cm³/mol. The van der Waals surface area contributed by atoms with E-state index in [4.69, 9.17) is 4.11 Å². The Morgan fingerprint density at radius 1 is 1.88 bits per heavy atom. The van der Waals surface area contributed by atoms with Crippen molar-refractivity contribution in [2.24, 2.45) is 0 Å². The van der Waals surface area contributed by atoms with Crippen molar-refractivity contribution in [2.45, 2.75) is 6.85 Å². The zero-order valence-electron chi connectivity index (χ0n) is 7.14. The van der Waals surface area contributed by atoms with E-state index >= 15 is 0 Å². The maximum Gasteiger partial charge on any atom is 0.184 e. The van der Waals surface area contributed by atoms with Crippen molar-refractivity contribution in [1.82, 2.24) is 4.98 Å². The minimum atomic E-state index is -2.31. The standard InChI is InChI=1S/C6H7NO/c1-5-4-7-3-2-6(5)8/h2-4H,1H3,(H,7,8)/i1D3. The summed E-state index contributed by atoms with van der Waals surface area (Å²) in [5.41, 5.74) is -0.622. The Morgan fingerprint density at radius 2 is 2.75 bits per heavy atom. The smallest absolute Gasteiger partial charge is 0.184 e. The van der Waals surface area contributed by atoms with Gasteiger partial charge in [0.05, 0.1) is 0 Å². The van der Waals surface area contributed by atoms with Gasteiger partial charge in [-0.15, -0.1) is 0 Å². The lowest BCUT2D eigenvalue weighted by Gasteiger charge is -1.83. The molecule has 0 radical (unpaired) electrons. The molecule has 1 heterocycles. The lowest BCUT2D eigenvalue weighted by Crippen LogP contribution is -2.01. The van der Waals surface area contributed by atoms with E-state index in [1.807, 2.05) is 0 Å². The van der Waals surface area contributed by atoms with Crippen LogP contribution < -0.4 is 5.43 Å². The van der Waals surface area contributed by atoms with Gasteiger partial charge in [0, 0.05) is 28.1 Å². The highest BCUT2D eigenvalue weighted by atomic mass is 16.1. The lowest BCUT2D eigenvalue weighted by atomic mass is 10.3. The van der Waals surface area contributed by atoms with Gasteiger partial charge in [-0.1, -0.05) is 0 Å². The van der Waals surface area contributed by atoms with Crippen LogP contribution in [-0.4, -0.2) is 4.98 Å². The summed E-state index contributed by atoms with van der Waals surface area (Å²) in [6.07, 6.45) is 2.60. The van der Waals surface area contributed by atoms with Gasteiger partial charge in [-0.2, -0.15) is 0 Å². The van der Waals surface area contributed by atoms with Gasteiger partial charge < -0.3 is 4.98 Å². The fraction of sp³-hybridized carbons (Fsp3) is 0.167. The van der Waals surface area contributed by atoms with Crippen molar-refractivity contribution in [3.63, 3.8) is 0 Å². The van der Waals surface area contributed by atoms with Gasteiger partial charge in [0.25, 0.3) is 0 Å². The van der Waals surface area contributed by atoms with E-state index in [1.165, 1.54) is 18.5 Å². The third-order valence-electron chi connectivity index (χ3n) is 0.824. The van der Waals surface area contributed by atoms with Crippen LogP contribution in [0.25, 0.3) is 0 Å². The first-order valence-corrected chi connectivity index (χ1v) is 2.19. The highest BCUT2D eigenvalue weighted by Gasteiger charge is 1.83. The molecule has 0 aliphatic rings. The molecule has 8 heavy (non-hydrogen) atoms. The van der Waals surface area contributed by atoms with Crippen molar-refractivity contribution in [3.8, 4) is 0 Å². The normalized spacial score (nSPS) is 16.2. The van der Waals surface area contributed by atoms with Crippen molar-refractivity contribution in [3.05, 3.63) is 34.2 Å². The van der Waals surface area contributed by atoms with Crippen LogP contribution in [0.3, 0.4) is 0 Å². The van der Waals surface area contributed by atoms with Crippen molar-refractivity contribution < 1.29 is 4.11 Å². The number of rotatable bonds is 0. The van der Waals surface area contributed by atoms with Crippen molar-refractivity contribution in [1.29, 1.82) is 0 Å². The fourth-order valence-electron chi connectivity index (χ4n) is 0.416. The third-order valence-corrected chi connectivity index (χ3v) is 0.824. The number of hydrogen-bond acceptors (Lipinski definition) is 1. The molecule has 1 aromatic rings. The molecule has 0 saturated carbocycles. The number of pyridine rings is 1. The van der Waals surface area contributed by atoms with Crippen molar-refractivity contribution in [2.75, 3.05) is 0 Å². The van der Waals surface area contributed by atoms with E-state index in [0.29, 0.717) is 0 Å². The Balaban J connectivity index is 3.26. The first-order chi connectivity index (χ1) is 5.02. The largest absolute Gasteiger partial charge is 0.367 e. The quantitative estimate of drug-likeness (QED) is 0.526. The highest BCUT2D eigenvalue weighted by molar-refractivity contribution is 5.05. The van der Waals surface area contributed by atoms with Gasteiger partial charge in [-0.3, -0.25) is 4.79 Å².